The summed E-state index contributed by atoms with van der Waals surface area (Å²) >= 11 is 0. The molecule has 1 aliphatic heterocycles. The van der Waals surface area contributed by atoms with Gasteiger partial charge in [0.15, 0.2) is 5.82 Å². The van der Waals surface area contributed by atoms with Crippen LogP contribution in [0.2, 0.25) is 0 Å². The van der Waals surface area contributed by atoms with Gasteiger partial charge in [-0.25, -0.2) is 4.98 Å². The number of aromatic nitrogens is 5. The molecule has 0 saturated heterocycles. The Morgan fingerprint density at radius 2 is 2.19 bits per heavy atom. The van der Waals surface area contributed by atoms with Gasteiger partial charge < -0.3 is 15.5 Å². The van der Waals surface area contributed by atoms with E-state index in [2.05, 4.69) is 25.5 Å². The highest BCUT2D eigenvalue weighted by molar-refractivity contribution is 6.00. The minimum Gasteiger partial charge on any atom is -0.365 e. The zero-order valence-corrected chi connectivity index (χ0v) is 14.0. The summed E-state index contributed by atoms with van der Waals surface area (Å²) in [4.78, 5) is 23.3. The molecule has 0 radical (unpaired) electrons. The normalized spacial score (nSPS) is 17.6. The molecule has 0 aliphatic carbocycles. The number of aryl methyl sites for hydroxylation is 1. The molecular formula is C17H18N8O. The van der Waals surface area contributed by atoms with Gasteiger partial charge in [-0.1, -0.05) is 0 Å². The van der Waals surface area contributed by atoms with E-state index in [1.165, 1.54) is 34.4 Å². The Morgan fingerprint density at radius 3 is 3.04 bits per heavy atom. The highest BCUT2D eigenvalue weighted by atomic mass is 16.1. The Bertz CT molecular complexity index is 1180. The van der Waals surface area contributed by atoms with Crippen molar-refractivity contribution >= 4 is 23.1 Å². The van der Waals surface area contributed by atoms with Crippen LogP contribution in [0.4, 0.5) is 17.2 Å². The maximum absolute atomic E-state index is 12.4. The molecule has 0 spiro atoms. The largest absolute Gasteiger partial charge is 0.365 e. The molecule has 4 heterocycles. The molecule has 2 N–H and O–H groups in total. The van der Waals surface area contributed by atoms with Crippen LogP contribution in [0.5, 0.6) is 0 Å². The van der Waals surface area contributed by atoms with E-state index in [-0.39, 0.29) is 22.8 Å². The Labute approximate surface area is 157 Å². The van der Waals surface area contributed by atoms with E-state index in [1.807, 2.05) is 5.32 Å². The van der Waals surface area contributed by atoms with E-state index >= 15 is 0 Å². The van der Waals surface area contributed by atoms with Crippen LogP contribution in [-0.2, 0) is 13.5 Å². The number of carbonyl (C=O) groups excluding carboxylic acids is 1. The quantitative estimate of drug-likeness (QED) is 0.731. The summed E-state index contributed by atoms with van der Waals surface area (Å²) in [7, 11) is 3.18. The predicted octanol–water partition coefficient (Wildman–Crippen LogP) is 1.33. The number of nitrogens with one attached hydrogen (secondary N) is 2. The summed E-state index contributed by atoms with van der Waals surface area (Å²) in [5, 5.41) is 13.4. The second-order valence-electron chi connectivity index (χ2n) is 5.61. The van der Waals surface area contributed by atoms with Crippen LogP contribution in [0.15, 0.2) is 30.7 Å². The van der Waals surface area contributed by atoms with Crippen LogP contribution in [0.1, 0.15) is 22.9 Å². The van der Waals surface area contributed by atoms with Crippen LogP contribution in [0.3, 0.4) is 0 Å². The molecule has 9 nitrogen and oxygen atoms in total. The highest BCUT2D eigenvalue weighted by Crippen LogP contribution is 2.41. The fraction of sp³-hybridized carbons (Fsp3) is 0.235. The zero-order valence-electron chi connectivity index (χ0n) is 19.0. The summed E-state index contributed by atoms with van der Waals surface area (Å²) in [5.74, 6) is -0.574. The monoisotopic (exact) mass is 355 g/mol. The topological polar surface area (TPSA) is 101 Å². The lowest BCUT2D eigenvalue weighted by atomic mass is 10.0. The maximum Gasteiger partial charge on any atom is 0.254 e. The van der Waals surface area contributed by atoms with Gasteiger partial charge in [0, 0.05) is 49.3 Å². The molecule has 26 heavy (non-hydrogen) atoms. The zero-order chi connectivity index (χ0) is 22.6. The van der Waals surface area contributed by atoms with E-state index in [9.17, 15) is 4.79 Å². The number of amides is 1. The van der Waals surface area contributed by atoms with Gasteiger partial charge in [-0.15, -0.1) is 0 Å². The summed E-state index contributed by atoms with van der Waals surface area (Å²) in [6.45, 7) is -4.62. The first kappa shape index (κ1) is 11.2. The second kappa shape index (κ2) is 6.10. The SMILES string of the molecule is [2H]C([2H])([2H])NC(=O)c1cnccc1Nc1nccc2c1N(C)C([2H])([2H])c1nn(C)nc1-2. The molecule has 0 fully saturated rings. The van der Waals surface area contributed by atoms with E-state index in [1.54, 1.807) is 20.2 Å². The number of pyridine rings is 2. The lowest BCUT2D eigenvalue weighted by molar-refractivity contribution is 0.0963. The third kappa shape index (κ3) is 2.53. The number of anilines is 3. The van der Waals surface area contributed by atoms with Crippen LogP contribution in [-0.4, -0.2) is 44.9 Å². The van der Waals surface area contributed by atoms with Crippen molar-refractivity contribution in [2.45, 2.75) is 6.50 Å². The molecule has 1 amide bonds. The van der Waals surface area contributed by atoms with Gasteiger partial charge in [0.1, 0.15) is 11.4 Å². The van der Waals surface area contributed by atoms with Crippen molar-refractivity contribution in [1.82, 2.24) is 30.3 Å². The van der Waals surface area contributed by atoms with Crippen molar-refractivity contribution < 1.29 is 11.6 Å². The van der Waals surface area contributed by atoms with Crippen LogP contribution in [0.25, 0.3) is 11.3 Å². The molecule has 0 aromatic carbocycles. The van der Waals surface area contributed by atoms with E-state index in [0.717, 1.165) is 0 Å². The Balaban J connectivity index is 1.80. The molecule has 9 heteroatoms. The lowest BCUT2D eigenvalue weighted by Gasteiger charge is -2.28. The van der Waals surface area contributed by atoms with Crippen molar-refractivity contribution in [1.29, 1.82) is 0 Å². The summed E-state index contributed by atoms with van der Waals surface area (Å²) in [6.07, 6.45) is 4.20. The van der Waals surface area contributed by atoms with Crippen molar-refractivity contribution in [3.8, 4) is 11.3 Å². The van der Waals surface area contributed by atoms with Gasteiger partial charge in [-0.05, 0) is 12.1 Å². The molecule has 0 atom stereocenters. The highest BCUT2D eigenvalue weighted by Gasteiger charge is 2.27. The van der Waals surface area contributed by atoms with Crippen LogP contribution < -0.4 is 15.5 Å². The van der Waals surface area contributed by atoms with Gasteiger partial charge in [0.25, 0.3) is 5.91 Å². The molecule has 3 aromatic heterocycles. The number of hydrogen-bond donors (Lipinski definition) is 2. The first-order valence-corrected chi connectivity index (χ1v) is 7.67. The molecule has 0 saturated carbocycles. The average molecular weight is 355 g/mol. The van der Waals surface area contributed by atoms with Crippen LogP contribution >= 0.6 is 0 Å². The molecule has 3 aromatic rings. The standard InChI is InChI=1S/C17H18N8O/c1-18-17(26)11-8-19-6-5-12(11)21-16-15-10(4-7-20-16)14-13(9-24(15)2)22-25(3)23-14/h4-8H,9H2,1-3H3,(H,18,26)(H,19,20,21)/i1D3,9D2. The van der Waals surface area contributed by atoms with E-state index in [0.29, 0.717) is 16.9 Å². The number of carbonyl (C=O) groups is 1. The molecule has 132 valence electrons. The van der Waals surface area contributed by atoms with Gasteiger partial charge >= 0.3 is 0 Å². The first-order valence-electron chi connectivity index (χ1n) is 10.2. The summed E-state index contributed by atoms with van der Waals surface area (Å²) in [6, 6.07) is 3.20. The molecular weight excluding hydrogens is 332 g/mol. The minimum atomic E-state index is -2.66. The van der Waals surface area contributed by atoms with Crippen LogP contribution in [0, 0.1) is 0 Å². The third-order valence-electron chi connectivity index (χ3n) is 3.93. The minimum absolute atomic E-state index is 0.000285. The summed E-state index contributed by atoms with van der Waals surface area (Å²) < 4.78 is 38.8. The van der Waals surface area contributed by atoms with Gasteiger partial charge in [0.2, 0.25) is 0 Å². The Hall–Kier alpha value is -3.49. The molecule has 0 bridgehead atoms. The second-order valence-corrected chi connectivity index (χ2v) is 5.61. The molecule has 1 aliphatic rings. The fourth-order valence-electron chi connectivity index (χ4n) is 2.83. The number of nitrogens with zero attached hydrogens (tertiary/aromatic N) is 6. The fourth-order valence-corrected chi connectivity index (χ4v) is 2.83. The summed E-state index contributed by atoms with van der Waals surface area (Å²) in [5.41, 5.74) is 1.86. The number of fused-ring (bicyclic) bond motifs is 3. The van der Waals surface area contributed by atoms with Gasteiger partial charge in [0.05, 0.1) is 26.2 Å². The predicted molar refractivity (Wildman–Crippen MR) is 97.3 cm³/mol. The number of rotatable bonds is 3. The smallest absolute Gasteiger partial charge is 0.254 e. The van der Waals surface area contributed by atoms with E-state index < -0.39 is 19.4 Å². The van der Waals surface area contributed by atoms with E-state index in [4.69, 9.17) is 6.85 Å². The van der Waals surface area contributed by atoms with Gasteiger partial charge in [-0.3, -0.25) is 9.78 Å². The third-order valence-corrected chi connectivity index (χ3v) is 3.93. The molecule has 0 unspecified atom stereocenters. The van der Waals surface area contributed by atoms with Crippen molar-refractivity contribution in [2.24, 2.45) is 7.05 Å². The Kier molecular flexibility index (Phi) is 2.63. The molecule has 4 rings (SSSR count). The maximum atomic E-state index is 12.4. The van der Waals surface area contributed by atoms with Crippen molar-refractivity contribution in [3.05, 3.63) is 42.0 Å². The van der Waals surface area contributed by atoms with Crippen molar-refractivity contribution in [3.63, 3.8) is 0 Å². The lowest BCUT2D eigenvalue weighted by Crippen LogP contribution is -2.24. The van der Waals surface area contributed by atoms with Gasteiger partial charge in [-0.2, -0.15) is 15.0 Å². The Morgan fingerprint density at radius 1 is 1.31 bits per heavy atom. The van der Waals surface area contributed by atoms with Crippen molar-refractivity contribution in [2.75, 3.05) is 24.2 Å². The number of hydrogen-bond acceptors (Lipinski definition) is 7. The average Bonchev–Trinajstić information content (AvgIpc) is 3.08. The first-order chi connectivity index (χ1) is 14.5.